The van der Waals surface area contributed by atoms with Gasteiger partial charge in [-0.05, 0) is 61.8 Å². The number of amides is 2. The zero-order valence-electron chi connectivity index (χ0n) is 20.9. The molecule has 4 rings (SSSR count). The lowest BCUT2D eigenvalue weighted by Crippen LogP contribution is -2.36. The molecule has 0 spiro atoms. The van der Waals surface area contributed by atoms with Gasteiger partial charge in [-0.2, -0.15) is 0 Å². The summed E-state index contributed by atoms with van der Waals surface area (Å²) in [7, 11) is -1.55. The lowest BCUT2D eigenvalue weighted by Gasteiger charge is -2.24. The van der Waals surface area contributed by atoms with Crippen molar-refractivity contribution in [2.45, 2.75) is 43.0 Å². The lowest BCUT2D eigenvalue weighted by atomic mass is 10.1. The number of nitrogens with zero attached hydrogens (tertiary/aromatic N) is 2. The van der Waals surface area contributed by atoms with E-state index in [1.807, 2.05) is 30.3 Å². The van der Waals surface area contributed by atoms with E-state index in [1.165, 1.54) is 0 Å². The number of anilines is 1. The summed E-state index contributed by atoms with van der Waals surface area (Å²) < 4.78 is 13.5. The van der Waals surface area contributed by atoms with Gasteiger partial charge in [-0.15, -0.1) is 0 Å². The minimum absolute atomic E-state index is 0.203. The number of rotatable bonds is 10. The van der Waals surface area contributed by atoms with Crippen molar-refractivity contribution < 1.29 is 13.8 Å². The average Bonchev–Trinajstić information content (AvgIpc) is 2.99. The quantitative estimate of drug-likeness (QED) is 0.429. The first-order chi connectivity index (χ1) is 17.5. The number of carbonyl (C=O) groups is 2. The molecule has 1 N–H and O–H groups in total. The van der Waals surface area contributed by atoms with Crippen LogP contribution in [0.5, 0.6) is 0 Å². The van der Waals surface area contributed by atoms with Crippen LogP contribution in [0.3, 0.4) is 0 Å². The molecule has 3 aromatic carbocycles. The third kappa shape index (κ3) is 5.74. The molecule has 1 atom stereocenters. The first-order valence-corrected chi connectivity index (χ1v) is 13.7. The third-order valence-electron chi connectivity index (χ3n) is 6.25. The fourth-order valence-electron chi connectivity index (χ4n) is 4.53. The molecule has 7 heteroatoms. The standard InChI is InChI=1S/C29H33N3O3S/c1-3-17-31(18-4-2)19-16-30-28(33)23-14-15-27-25(20-23)32(21-22-10-6-5-7-11-22)29(34)24-12-8-9-13-26(24)36(27)35/h5-15,20H,3-4,16-19,21H2,1-2H3,(H,30,33)/t36-/m0/s1. The Labute approximate surface area is 215 Å². The molecule has 0 unspecified atom stereocenters. The van der Waals surface area contributed by atoms with Crippen LogP contribution < -0.4 is 10.2 Å². The van der Waals surface area contributed by atoms with E-state index in [0.29, 0.717) is 39.7 Å². The molecular weight excluding hydrogens is 470 g/mol. The van der Waals surface area contributed by atoms with Crippen LogP contribution in [0.1, 0.15) is 53.0 Å². The Morgan fingerprint density at radius 3 is 2.31 bits per heavy atom. The molecule has 2 amide bonds. The molecule has 0 saturated carbocycles. The van der Waals surface area contributed by atoms with E-state index in [2.05, 4.69) is 24.1 Å². The van der Waals surface area contributed by atoms with Crippen molar-refractivity contribution in [1.82, 2.24) is 10.2 Å². The highest BCUT2D eigenvalue weighted by Gasteiger charge is 2.31. The Bertz CT molecular complexity index is 1240. The normalized spacial score (nSPS) is 14.8. The smallest absolute Gasteiger partial charge is 0.259 e. The van der Waals surface area contributed by atoms with Gasteiger partial charge < -0.3 is 15.1 Å². The summed E-state index contributed by atoms with van der Waals surface area (Å²) in [5.74, 6) is -0.431. The van der Waals surface area contributed by atoms with E-state index in [0.717, 1.165) is 38.0 Å². The van der Waals surface area contributed by atoms with Crippen molar-refractivity contribution >= 4 is 28.3 Å². The predicted molar refractivity (Wildman–Crippen MR) is 144 cm³/mol. The number of benzene rings is 3. The first-order valence-electron chi connectivity index (χ1n) is 12.5. The molecule has 0 saturated heterocycles. The van der Waals surface area contributed by atoms with Crippen LogP contribution in [0.4, 0.5) is 5.69 Å². The van der Waals surface area contributed by atoms with Crippen LogP contribution in [-0.4, -0.2) is 47.1 Å². The Balaban J connectivity index is 1.64. The summed E-state index contributed by atoms with van der Waals surface area (Å²) in [5, 5.41) is 3.01. The summed E-state index contributed by atoms with van der Waals surface area (Å²) in [6.45, 7) is 7.96. The summed E-state index contributed by atoms with van der Waals surface area (Å²) in [5.41, 5.74) is 2.31. The van der Waals surface area contributed by atoms with Gasteiger partial charge in [0.15, 0.2) is 0 Å². The zero-order chi connectivity index (χ0) is 25.5. The fourth-order valence-corrected chi connectivity index (χ4v) is 5.87. The maximum absolute atomic E-state index is 13.7. The van der Waals surface area contributed by atoms with E-state index in [-0.39, 0.29) is 11.8 Å². The highest BCUT2D eigenvalue weighted by atomic mass is 32.2. The Morgan fingerprint density at radius 2 is 1.58 bits per heavy atom. The second-order valence-electron chi connectivity index (χ2n) is 8.92. The van der Waals surface area contributed by atoms with Gasteiger partial charge >= 0.3 is 0 Å². The van der Waals surface area contributed by atoms with Crippen LogP contribution in [0, 0.1) is 0 Å². The minimum atomic E-state index is -1.55. The van der Waals surface area contributed by atoms with Crippen molar-refractivity contribution in [3.63, 3.8) is 0 Å². The molecule has 0 aromatic heterocycles. The largest absolute Gasteiger partial charge is 0.351 e. The first kappa shape index (κ1) is 25.8. The maximum Gasteiger partial charge on any atom is 0.259 e. The van der Waals surface area contributed by atoms with E-state index in [4.69, 9.17) is 0 Å². The fraction of sp³-hybridized carbons (Fsp3) is 0.310. The summed E-state index contributed by atoms with van der Waals surface area (Å²) in [6, 6.07) is 21.8. The van der Waals surface area contributed by atoms with Gasteiger partial charge in [0.25, 0.3) is 11.8 Å². The molecule has 0 aliphatic carbocycles. The number of hydrogen-bond donors (Lipinski definition) is 1. The Kier molecular flexibility index (Phi) is 8.67. The number of fused-ring (bicyclic) bond motifs is 2. The van der Waals surface area contributed by atoms with Crippen LogP contribution in [0.25, 0.3) is 0 Å². The Morgan fingerprint density at radius 1 is 0.889 bits per heavy atom. The minimum Gasteiger partial charge on any atom is -0.351 e. The van der Waals surface area contributed by atoms with Gasteiger partial charge in [0.1, 0.15) is 0 Å². The lowest BCUT2D eigenvalue weighted by molar-refractivity contribution is 0.0945. The van der Waals surface area contributed by atoms with Gasteiger partial charge in [0.2, 0.25) is 0 Å². The molecule has 0 fully saturated rings. The number of nitrogens with one attached hydrogen (secondary N) is 1. The monoisotopic (exact) mass is 503 g/mol. The molecule has 1 aliphatic heterocycles. The SMILES string of the molecule is CCCN(CCC)CCNC(=O)c1ccc2c(c1)N(Cc1ccccc1)C(=O)c1ccccc1[S@@]2=O. The van der Waals surface area contributed by atoms with Gasteiger partial charge in [-0.25, -0.2) is 4.21 Å². The van der Waals surface area contributed by atoms with Gasteiger partial charge in [0, 0.05) is 18.7 Å². The Hall–Kier alpha value is -3.29. The molecule has 1 heterocycles. The molecule has 0 bridgehead atoms. The second-order valence-corrected chi connectivity index (χ2v) is 10.3. The van der Waals surface area contributed by atoms with E-state index >= 15 is 0 Å². The van der Waals surface area contributed by atoms with Crippen molar-refractivity contribution in [3.8, 4) is 0 Å². The summed E-state index contributed by atoms with van der Waals surface area (Å²) in [6.07, 6.45) is 2.15. The van der Waals surface area contributed by atoms with E-state index < -0.39 is 10.8 Å². The van der Waals surface area contributed by atoms with E-state index in [1.54, 1.807) is 47.4 Å². The van der Waals surface area contributed by atoms with Gasteiger partial charge in [0.05, 0.1) is 38.4 Å². The molecule has 36 heavy (non-hydrogen) atoms. The van der Waals surface area contributed by atoms with Crippen LogP contribution in [-0.2, 0) is 17.3 Å². The molecule has 6 nitrogen and oxygen atoms in total. The number of hydrogen-bond acceptors (Lipinski definition) is 4. The van der Waals surface area contributed by atoms with Crippen molar-refractivity contribution in [1.29, 1.82) is 0 Å². The van der Waals surface area contributed by atoms with Gasteiger partial charge in [-0.3, -0.25) is 9.59 Å². The van der Waals surface area contributed by atoms with Gasteiger partial charge in [-0.1, -0.05) is 56.3 Å². The number of carbonyl (C=O) groups excluding carboxylic acids is 2. The van der Waals surface area contributed by atoms with Crippen LogP contribution in [0.15, 0.2) is 82.6 Å². The topological polar surface area (TPSA) is 69.7 Å². The molecular formula is C29H33N3O3S. The summed E-state index contributed by atoms with van der Waals surface area (Å²) in [4.78, 5) is 31.7. The third-order valence-corrected chi connectivity index (χ3v) is 7.75. The molecule has 3 aromatic rings. The van der Waals surface area contributed by atoms with E-state index in [9.17, 15) is 13.8 Å². The molecule has 1 aliphatic rings. The zero-order valence-corrected chi connectivity index (χ0v) is 21.7. The van der Waals surface area contributed by atoms with Crippen LogP contribution in [0.2, 0.25) is 0 Å². The maximum atomic E-state index is 13.7. The van der Waals surface area contributed by atoms with Crippen LogP contribution >= 0.6 is 0 Å². The van der Waals surface area contributed by atoms with Crippen molar-refractivity contribution in [3.05, 3.63) is 89.5 Å². The predicted octanol–water partition coefficient (Wildman–Crippen LogP) is 4.87. The van der Waals surface area contributed by atoms with Crippen molar-refractivity contribution in [2.24, 2.45) is 0 Å². The van der Waals surface area contributed by atoms with Crippen molar-refractivity contribution in [2.75, 3.05) is 31.1 Å². The highest BCUT2D eigenvalue weighted by Crippen LogP contribution is 2.36. The highest BCUT2D eigenvalue weighted by molar-refractivity contribution is 7.85. The average molecular weight is 504 g/mol. The summed E-state index contributed by atoms with van der Waals surface area (Å²) >= 11 is 0. The molecule has 0 radical (unpaired) electrons. The molecule has 188 valence electrons. The second kappa shape index (κ2) is 12.1.